The van der Waals surface area contributed by atoms with Crippen molar-refractivity contribution in [3.05, 3.63) is 24.0 Å². The van der Waals surface area contributed by atoms with Gasteiger partial charge in [-0.2, -0.15) is 27.6 Å². The zero-order valence-electron chi connectivity index (χ0n) is 10.7. The molecular formula is C10H16N4O4S. The molecule has 0 amide bonds. The van der Waals surface area contributed by atoms with E-state index in [-0.39, 0.29) is 19.5 Å². The second-order valence-corrected chi connectivity index (χ2v) is 5.55. The number of hydrogen-bond donors (Lipinski definition) is 1. The molecule has 0 aliphatic heterocycles. The number of esters is 1. The first kappa shape index (κ1) is 15.5. The van der Waals surface area contributed by atoms with E-state index in [1.807, 2.05) is 0 Å². The second-order valence-electron chi connectivity index (χ2n) is 3.69. The first-order valence-electron chi connectivity index (χ1n) is 5.50. The van der Waals surface area contributed by atoms with Gasteiger partial charge in [0.05, 0.1) is 25.8 Å². The maximum atomic E-state index is 11.8. The van der Waals surface area contributed by atoms with E-state index in [1.165, 1.54) is 20.4 Å². The third kappa shape index (κ3) is 5.28. The fraction of sp³-hybridized carbons (Fsp3) is 0.500. The summed E-state index contributed by atoms with van der Waals surface area (Å²) in [7, 11) is -1.02. The van der Waals surface area contributed by atoms with E-state index in [4.69, 9.17) is 0 Å². The minimum atomic E-state index is -3.65. The Kier molecular flexibility index (Phi) is 5.80. The van der Waals surface area contributed by atoms with E-state index in [1.54, 1.807) is 12.1 Å². The number of ether oxygens (including phenoxy) is 1. The van der Waals surface area contributed by atoms with Gasteiger partial charge in [-0.1, -0.05) is 0 Å². The highest BCUT2D eigenvalue weighted by Crippen LogP contribution is 1.99. The zero-order valence-corrected chi connectivity index (χ0v) is 11.6. The minimum absolute atomic E-state index is 0.000940. The van der Waals surface area contributed by atoms with E-state index < -0.39 is 16.2 Å². The molecule has 0 aromatic carbocycles. The summed E-state index contributed by atoms with van der Waals surface area (Å²) in [5, 5.41) is 7.40. The molecule has 9 heteroatoms. The summed E-state index contributed by atoms with van der Waals surface area (Å²) in [4.78, 5) is 10.9. The number of carbonyl (C=O) groups excluding carboxylic acids is 1. The third-order valence-electron chi connectivity index (χ3n) is 2.33. The highest BCUT2D eigenvalue weighted by molar-refractivity contribution is 7.87. The molecule has 19 heavy (non-hydrogen) atoms. The number of nitrogens with zero attached hydrogens (tertiary/aromatic N) is 3. The first-order valence-corrected chi connectivity index (χ1v) is 6.94. The van der Waals surface area contributed by atoms with Crippen LogP contribution in [0.25, 0.3) is 0 Å². The molecule has 106 valence electrons. The molecule has 0 aliphatic carbocycles. The van der Waals surface area contributed by atoms with Crippen molar-refractivity contribution in [1.82, 2.24) is 19.2 Å². The van der Waals surface area contributed by atoms with Crippen molar-refractivity contribution < 1.29 is 17.9 Å². The van der Waals surface area contributed by atoms with Crippen molar-refractivity contribution in [2.45, 2.75) is 13.0 Å². The molecule has 1 aromatic heterocycles. The molecule has 8 nitrogen and oxygen atoms in total. The van der Waals surface area contributed by atoms with E-state index in [0.717, 1.165) is 4.31 Å². The molecule has 0 atom stereocenters. The van der Waals surface area contributed by atoms with Crippen molar-refractivity contribution in [3.63, 3.8) is 0 Å². The van der Waals surface area contributed by atoms with E-state index in [2.05, 4.69) is 19.7 Å². The molecule has 0 saturated heterocycles. The lowest BCUT2D eigenvalue weighted by atomic mass is 10.4. The first-order chi connectivity index (χ1) is 8.95. The van der Waals surface area contributed by atoms with Gasteiger partial charge < -0.3 is 4.74 Å². The van der Waals surface area contributed by atoms with Gasteiger partial charge in [-0.3, -0.25) is 4.79 Å². The van der Waals surface area contributed by atoms with Crippen LogP contribution in [-0.4, -0.2) is 49.6 Å². The highest BCUT2D eigenvalue weighted by atomic mass is 32.2. The van der Waals surface area contributed by atoms with Crippen molar-refractivity contribution in [3.8, 4) is 0 Å². The van der Waals surface area contributed by atoms with E-state index in [9.17, 15) is 13.2 Å². The number of methoxy groups -OCH3 is 1. The second kappa shape index (κ2) is 7.12. The van der Waals surface area contributed by atoms with Gasteiger partial charge in [0.2, 0.25) is 0 Å². The number of carbonyl (C=O) groups is 1. The fourth-order valence-electron chi connectivity index (χ4n) is 1.17. The summed E-state index contributed by atoms with van der Waals surface area (Å²) in [6.07, 6.45) is 1.50. The zero-order chi connectivity index (χ0) is 14.3. The van der Waals surface area contributed by atoms with Crippen molar-refractivity contribution >= 4 is 16.2 Å². The lowest BCUT2D eigenvalue weighted by molar-refractivity contribution is -0.140. The average molecular weight is 288 g/mol. The van der Waals surface area contributed by atoms with E-state index in [0.29, 0.717) is 5.69 Å². The Balaban J connectivity index is 2.49. The summed E-state index contributed by atoms with van der Waals surface area (Å²) in [6.45, 7) is 0.0845. The summed E-state index contributed by atoms with van der Waals surface area (Å²) < 4.78 is 31.5. The Morgan fingerprint density at radius 3 is 2.84 bits per heavy atom. The average Bonchev–Trinajstić information content (AvgIpc) is 2.43. The molecule has 0 spiro atoms. The van der Waals surface area contributed by atoms with Gasteiger partial charge in [0.25, 0.3) is 10.2 Å². The predicted molar refractivity (Wildman–Crippen MR) is 67.1 cm³/mol. The molecule has 0 saturated carbocycles. The van der Waals surface area contributed by atoms with Crippen LogP contribution in [0.1, 0.15) is 12.1 Å². The van der Waals surface area contributed by atoms with Gasteiger partial charge in [-0.15, -0.1) is 0 Å². The summed E-state index contributed by atoms with van der Waals surface area (Å²) >= 11 is 0. The SMILES string of the molecule is COC(=O)CCN(C)S(=O)(=O)NCc1cccnn1. The maximum Gasteiger partial charge on any atom is 0.306 e. The third-order valence-corrected chi connectivity index (χ3v) is 3.84. The maximum absolute atomic E-state index is 11.8. The quantitative estimate of drug-likeness (QED) is 0.666. The molecular weight excluding hydrogens is 272 g/mol. The number of rotatable bonds is 7. The molecule has 1 N–H and O–H groups in total. The van der Waals surface area contributed by atoms with E-state index >= 15 is 0 Å². The lowest BCUT2D eigenvalue weighted by Gasteiger charge is -2.16. The van der Waals surface area contributed by atoms with Crippen LogP contribution in [0.3, 0.4) is 0 Å². The standard InChI is InChI=1S/C10H16N4O4S/c1-14(7-5-10(15)18-2)19(16,17)12-8-9-4-3-6-11-13-9/h3-4,6,12H,5,7-8H2,1-2H3. The fourth-order valence-corrected chi connectivity index (χ4v) is 2.06. The Bertz CT molecular complexity index is 506. The van der Waals surface area contributed by atoms with Crippen LogP contribution in [0.5, 0.6) is 0 Å². The lowest BCUT2D eigenvalue weighted by Crippen LogP contribution is -2.39. The topological polar surface area (TPSA) is 101 Å². The summed E-state index contributed by atoms with van der Waals surface area (Å²) in [5.41, 5.74) is 0.507. The molecule has 0 radical (unpaired) electrons. The summed E-state index contributed by atoms with van der Waals surface area (Å²) in [6, 6.07) is 3.32. The van der Waals surface area contributed by atoms with Gasteiger partial charge >= 0.3 is 5.97 Å². The largest absolute Gasteiger partial charge is 0.469 e. The van der Waals surface area contributed by atoms with Crippen LogP contribution in [0, 0.1) is 0 Å². The number of nitrogens with one attached hydrogen (secondary N) is 1. The van der Waals surface area contributed by atoms with Crippen LogP contribution >= 0.6 is 0 Å². The van der Waals surface area contributed by atoms with Crippen molar-refractivity contribution in [2.75, 3.05) is 20.7 Å². The normalized spacial score (nSPS) is 11.5. The molecule has 0 bridgehead atoms. The molecule has 1 heterocycles. The molecule has 0 aliphatic rings. The number of aromatic nitrogens is 2. The van der Waals surface area contributed by atoms with Gasteiger partial charge in [0, 0.05) is 19.8 Å². The van der Waals surface area contributed by atoms with Crippen molar-refractivity contribution in [2.24, 2.45) is 0 Å². The monoisotopic (exact) mass is 288 g/mol. The van der Waals surface area contributed by atoms with Gasteiger partial charge in [-0.25, -0.2) is 0 Å². The van der Waals surface area contributed by atoms with Crippen LogP contribution < -0.4 is 4.72 Å². The van der Waals surface area contributed by atoms with Crippen LogP contribution in [0.2, 0.25) is 0 Å². The Labute approximate surface area is 112 Å². The molecule has 1 rings (SSSR count). The van der Waals surface area contributed by atoms with Gasteiger partial charge in [0.15, 0.2) is 0 Å². The summed E-state index contributed by atoms with van der Waals surface area (Å²) in [5.74, 6) is -0.462. The molecule has 0 unspecified atom stereocenters. The molecule has 0 fully saturated rings. The Morgan fingerprint density at radius 2 is 2.26 bits per heavy atom. The smallest absolute Gasteiger partial charge is 0.306 e. The van der Waals surface area contributed by atoms with Crippen molar-refractivity contribution in [1.29, 1.82) is 0 Å². The predicted octanol–water partition coefficient (Wildman–Crippen LogP) is -0.694. The minimum Gasteiger partial charge on any atom is -0.469 e. The Hall–Kier alpha value is -1.58. The van der Waals surface area contributed by atoms with Crippen LogP contribution in [0.4, 0.5) is 0 Å². The number of hydrogen-bond acceptors (Lipinski definition) is 6. The van der Waals surface area contributed by atoms with Crippen LogP contribution in [0.15, 0.2) is 18.3 Å². The highest BCUT2D eigenvalue weighted by Gasteiger charge is 2.18. The van der Waals surface area contributed by atoms with Crippen LogP contribution in [-0.2, 0) is 26.3 Å². The molecule has 1 aromatic rings. The van der Waals surface area contributed by atoms with Gasteiger partial charge in [0.1, 0.15) is 0 Å². The van der Waals surface area contributed by atoms with Gasteiger partial charge in [-0.05, 0) is 12.1 Å². The Morgan fingerprint density at radius 1 is 1.53 bits per heavy atom.